The van der Waals surface area contributed by atoms with Gasteiger partial charge in [-0.15, -0.1) is 6.58 Å². The molecule has 1 fully saturated rings. The van der Waals surface area contributed by atoms with Gasteiger partial charge in [-0.25, -0.2) is 9.59 Å². The lowest BCUT2D eigenvalue weighted by Gasteiger charge is -2.22. The highest BCUT2D eigenvalue weighted by molar-refractivity contribution is 5.82. The van der Waals surface area contributed by atoms with Crippen molar-refractivity contribution in [2.75, 3.05) is 19.8 Å². The molecule has 5 nitrogen and oxygen atoms in total. The number of hydrogen-bond acceptors (Lipinski definition) is 4. The molecule has 1 unspecified atom stereocenters. The van der Waals surface area contributed by atoms with Crippen LogP contribution in [0, 0.1) is 0 Å². The zero-order chi connectivity index (χ0) is 18.3. The quantitative estimate of drug-likeness (QED) is 0.270. The highest BCUT2D eigenvalue weighted by Crippen LogP contribution is 2.20. The SMILES string of the molecule is C=CCCCCCCCCCOC(=O)C1CCCN1C(=O)OCCC. The number of nitrogens with zero attached hydrogens (tertiary/aromatic N) is 1. The minimum atomic E-state index is -0.464. The first kappa shape index (κ1) is 21.5. The van der Waals surface area contributed by atoms with Crippen LogP contribution >= 0.6 is 0 Å². The van der Waals surface area contributed by atoms with Crippen molar-refractivity contribution >= 4 is 12.1 Å². The first-order valence-electron chi connectivity index (χ1n) is 9.91. The van der Waals surface area contributed by atoms with Gasteiger partial charge in [-0.1, -0.05) is 45.1 Å². The van der Waals surface area contributed by atoms with Crippen LogP contribution in [-0.2, 0) is 14.3 Å². The van der Waals surface area contributed by atoms with Crippen molar-refractivity contribution in [1.29, 1.82) is 0 Å². The Hall–Kier alpha value is -1.52. The largest absolute Gasteiger partial charge is 0.464 e. The Morgan fingerprint density at radius 1 is 1.04 bits per heavy atom. The predicted molar refractivity (Wildman–Crippen MR) is 99.5 cm³/mol. The normalized spacial score (nSPS) is 16.7. The molecule has 1 heterocycles. The number of hydrogen-bond donors (Lipinski definition) is 0. The molecule has 1 amide bonds. The van der Waals surface area contributed by atoms with E-state index in [1.165, 1.54) is 37.0 Å². The Morgan fingerprint density at radius 3 is 2.40 bits per heavy atom. The fourth-order valence-corrected chi connectivity index (χ4v) is 3.05. The van der Waals surface area contributed by atoms with Gasteiger partial charge in [0.2, 0.25) is 0 Å². The molecule has 0 saturated carbocycles. The maximum absolute atomic E-state index is 12.2. The molecule has 0 radical (unpaired) electrons. The van der Waals surface area contributed by atoms with Gasteiger partial charge < -0.3 is 9.47 Å². The molecule has 0 aromatic rings. The molecule has 1 rings (SSSR count). The first-order chi connectivity index (χ1) is 12.2. The van der Waals surface area contributed by atoms with E-state index in [-0.39, 0.29) is 5.97 Å². The van der Waals surface area contributed by atoms with Crippen LogP contribution in [0.4, 0.5) is 4.79 Å². The van der Waals surface area contributed by atoms with E-state index >= 15 is 0 Å². The van der Waals surface area contributed by atoms with Gasteiger partial charge in [-0.2, -0.15) is 0 Å². The Kier molecular flexibility index (Phi) is 11.8. The minimum Gasteiger partial charge on any atom is -0.464 e. The number of amides is 1. The zero-order valence-electron chi connectivity index (χ0n) is 15.8. The molecule has 1 aliphatic heterocycles. The van der Waals surface area contributed by atoms with E-state index in [4.69, 9.17) is 9.47 Å². The topological polar surface area (TPSA) is 55.8 Å². The average Bonchev–Trinajstić information content (AvgIpc) is 3.11. The molecule has 0 N–H and O–H groups in total. The van der Waals surface area contributed by atoms with Gasteiger partial charge in [-0.05, 0) is 38.5 Å². The van der Waals surface area contributed by atoms with E-state index in [0.29, 0.717) is 26.2 Å². The molecule has 1 saturated heterocycles. The Labute approximate surface area is 152 Å². The minimum absolute atomic E-state index is 0.282. The lowest BCUT2D eigenvalue weighted by Crippen LogP contribution is -2.41. The van der Waals surface area contributed by atoms with E-state index in [9.17, 15) is 9.59 Å². The van der Waals surface area contributed by atoms with E-state index in [1.54, 1.807) is 0 Å². The second-order valence-electron chi connectivity index (χ2n) is 6.69. The van der Waals surface area contributed by atoms with Crippen molar-refractivity contribution in [1.82, 2.24) is 4.90 Å². The summed E-state index contributed by atoms with van der Waals surface area (Å²) in [6, 6.07) is -0.464. The highest BCUT2D eigenvalue weighted by atomic mass is 16.6. The molecule has 1 atom stereocenters. The van der Waals surface area contributed by atoms with E-state index in [1.807, 2.05) is 13.0 Å². The standard InChI is InChI=1S/C20H35NO4/c1-3-5-6-7-8-9-10-11-12-17-24-19(22)18-14-13-15-21(18)20(23)25-16-4-2/h3,18H,1,4-17H2,2H3. The van der Waals surface area contributed by atoms with Gasteiger partial charge >= 0.3 is 12.1 Å². The molecule has 1 aliphatic rings. The summed E-state index contributed by atoms with van der Waals surface area (Å²) in [5.74, 6) is -0.282. The zero-order valence-corrected chi connectivity index (χ0v) is 15.8. The number of carbonyl (C=O) groups is 2. The number of allylic oxidation sites excluding steroid dienone is 1. The second kappa shape index (κ2) is 13.7. The number of likely N-dealkylation sites (tertiary alicyclic amines) is 1. The van der Waals surface area contributed by atoms with Crippen LogP contribution in [0.3, 0.4) is 0 Å². The number of unbranched alkanes of at least 4 members (excludes halogenated alkanes) is 7. The predicted octanol–water partition coefficient (Wildman–Crippen LogP) is 4.85. The molecule has 0 aromatic carbocycles. The summed E-state index contributed by atoms with van der Waals surface area (Å²) >= 11 is 0. The molecule has 0 aliphatic carbocycles. The molecule has 144 valence electrons. The van der Waals surface area contributed by atoms with Gasteiger partial charge in [0.15, 0.2) is 0 Å². The van der Waals surface area contributed by atoms with Gasteiger partial charge in [-0.3, -0.25) is 4.90 Å². The number of ether oxygens (including phenoxy) is 2. The fourth-order valence-electron chi connectivity index (χ4n) is 3.05. The lowest BCUT2D eigenvalue weighted by molar-refractivity contribution is -0.148. The molecule has 0 bridgehead atoms. The summed E-state index contributed by atoms with van der Waals surface area (Å²) in [7, 11) is 0. The molecule has 5 heteroatoms. The van der Waals surface area contributed by atoms with Crippen molar-refractivity contribution in [2.45, 2.75) is 83.6 Å². The van der Waals surface area contributed by atoms with Crippen molar-refractivity contribution < 1.29 is 19.1 Å². The van der Waals surface area contributed by atoms with Crippen LogP contribution in [0.1, 0.15) is 77.6 Å². The van der Waals surface area contributed by atoms with Crippen LogP contribution in [0.25, 0.3) is 0 Å². The van der Waals surface area contributed by atoms with Crippen LogP contribution < -0.4 is 0 Å². The molecule has 0 spiro atoms. The lowest BCUT2D eigenvalue weighted by atomic mass is 10.1. The maximum atomic E-state index is 12.2. The summed E-state index contributed by atoms with van der Waals surface area (Å²) < 4.78 is 10.5. The average molecular weight is 354 g/mol. The van der Waals surface area contributed by atoms with Crippen molar-refractivity contribution in [3.05, 3.63) is 12.7 Å². The molecule has 0 aromatic heterocycles. The Balaban J connectivity index is 2.09. The van der Waals surface area contributed by atoms with Gasteiger partial charge in [0.1, 0.15) is 6.04 Å². The number of carbonyl (C=O) groups excluding carboxylic acids is 2. The van der Waals surface area contributed by atoms with Gasteiger partial charge in [0.05, 0.1) is 13.2 Å². The van der Waals surface area contributed by atoms with E-state index in [2.05, 4.69) is 6.58 Å². The van der Waals surface area contributed by atoms with Crippen LogP contribution in [0.5, 0.6) is 0 Å². The summed E-state index contributed by atoms with van der Waals surface area (Å²) in [5, 5.41) is 0. The number of esters is 1. The smallest absolute Gasteiger partial charge is 0.410 e. The summed E-state index contributed by atoms with van der Waals surface area (Å²) in [4.78, 5) is 25.7. The summed E-state index contributed by atoms with van der Waals surface area (Å²) in [5.41, 5.74) is 0. The van der Waals surface area contributed by atoms with E-state index < -0.39 is 12.1 Å². The molecule has 25 heavy (non-hydrogen) atoms. The number of rotatable bonds is 13. The molecular formula is C20H35NO4. The van der Waals surface area contributed by atoms with Crippen molar-refractivity contribution in [3.63, 3.8) is 0 Å². The third-order valence-electron chi connectivity index (χ3n) is 4.49. The van der Waals surface area contributed by atoms with Gasteiger partial charge in [0, 0.05) is 6.54 Å². The van der Waals surface area contributed by atoms with Crippen molar-refractivity contribution in [3.8, 4) is 0 Å². The molecular weight excluding hydrogens is 318 g/mol. The third-order valence-corrected chi connectivity index (χ3v) is 4.49. The van der Waals surface area contributed by atoms with Crippen molar-refractivity contribution in [2.24, 2.45) is 0 Å². The summed E-state index contributed by atoms with van der Waals surface area (Å²) in [6.07, 6.45) is 13.2. The van der Waals surface area contributed by atoms with E-state index in [0.717, 1.165) is 32.1 Å². The van der Waals surface area contributed by atoms with Crippen LogP contribution in [-0.4, -0.2) is 42.8 Å². The fraction of sp³-hybridized carbons (Fsp3) is 0.800. The second-order valence-corrected chi connectivity index (χ2v) is 6.69. The first-order valence-corrected chi connectivity index (χ1v) is 9.91. The van der Waals surface area contributed by atoms with Crippen LogP contribution in [0.2, 0.25) is 0 Å². The Morgan fingerprint density at radius 2 is 1.72 bits per heavy atom. The monoisotopic (exact) mass is 353 g/mol. The Bertz CT molecular complexity index is 397. The maximum Gasteiger partial charge on any atom is 0.410 e. The third kappa shape index (κ3) is 8.94. The highest BCUT2D eigenvalue weighted by Gasteiger charge is 2.36. The van der Waals surface area contributed by atoms with Crippen LogP contribution in [0.15, 0.2) is 12.7 Å². The van der Waals surface area contributed by atoms with Gasteiger partial charge in [0.25, 0.3) is 0 Å². The summed E-state index contributed by atoms with van der Waals surface area (Å²) in [6.45, 7) is 7.10.